The summed E-state index contributed by atoms with van der Waals surface area (Å²) in [4.78, 5) is 22.6. The van der Waals surface area contributed by atoms with Crippen molar-refractivity contribution in [3.63, 3.8) is 0 Å². The Labute approximate surface area is 164 Å². The molecule has 9 nitrogen and oxygen atoms in total. The van der Waals surface area contributed by atoms with Gasteiger partial charge in [-0.3, -0.25) is 14.9 Å². The van der Waals surface area contributed by atoms with Gasteiger partial charge >= 0.3 is 0 Å². The lowest BCUT2D eigenvalue weighted by atomic mass is 10.2. The Bertz CT molecular complexity index is 810. The second-order valence-electron chi connectivity index (χ2n) is 5.95. The third-order valence-corrected chi connectivity index (χ3v) is 5.95. The van der Waals surface area contributed by atoms with Gasteiger partial charge in [0, 0.05) is 31.0 Å². The van der Waals surface area contributed by atoms with Crippen LogP contribution in [0.25, 0.3) is 0 Å². The molecular formula is C16H19N5O4S2. The van der Waals surface area contributed by atoms with Crippen molar-refractivity contribution in [1.29, 1.82) is 0 Å². The Hall–Kier alpha value is -2.24. The van der Waals surface area contributed by atoms with Gasteiger partial charge in [0.05, 0.1) is 16.3 Å². The van der Waals surface area contributed by atoms with Gasteiger partial charge in [0.1, 0.15) is 0 Å². The molecule has 2 atom stereocenters. The van der Waals surface area contributed by atoms with Crippen molar-refractivity contribution < 1.29 is 14.5 Å². The Morgan fingerprint density at radius 2 is 2.37 bits per heavy atom. The summed E-state index contributed by atoms with van der Waals surface area (Å²) in [5.41, 5.74) is 0.317. The molecule has 144 valence electrons. The van der Waals surface area contributed by atoms with Crippen molar-refractivity contribution in [2.24, 2.45) is 0 Å². The lowest BCUT2D eigenvalue weighted by Gasteiger charge is -2.10. The second kappa shape index (κ2) is 9.11. The first-order valence-corrected chi connectivity index (χ1v) is 10.1. The van der Waals surface area contributed by atoms with Crippen molar-refractivity contribution >= 4 is 45.5 Å². The molecule has 1 aromatic heterocycles. The van der Waals surface area contributed by atoms with E-state index in [-0.39, 0.29) is 17.7 Å². The third-order valence-electron chi connectivity index (χ3n) is 3.88. The highest BCUT2D eigenvalue weighted by atomic mass is 32.2. The van der Waals surface area contributed by atoms with Gasteiger partial charge in [-0.1, -0.05) is 29.2 Å². The van der Waals surface area contributed by atoms with Crippen LogP contribution in [0.3, 0.4) is 0 Å². The maximum absolute atomic E-state index is 12.3. The van der Waals surface area contributed by atoms with Crippen LogP contribution < -0.4 is 10.6 Å². The minimum Gasteiger partial charge on any atom is -0.376 e. The number of nitrogens with one attached hydrogen (secondary N) is 2. The van der Waals surface area contributed by atoms with Gasteiger partial charge in [-0.25, -0.2) is 0 Å². The van der Waals surface area contributed by atoms with Crippen molar-refractivity contribution in [2.75, 3.05) is 23.8 Å². The topological polar surface area (TPSA) is 119 Å². The van der Waals surface area contributed by atoms with Crippen LogP contribution in [0, 0.1) is 10.1 Å². The fourth-order valence-electron chi connectivity index (χ4n) is 2.48. The van der Waals surface area contributed by atoms with E-state index in [0.29, 0.717) is 21.7 Å². The molecule has 1 aromatic carbocycles. The highest BCUT2D eigenvalue weighted by molar-refractivity contribution is 8.02. The van der Waals surface area contributed by atoms with Crippen molar-refractivity contribution in [2.45, 2.75) is 35.5 Å². The largest absolute Gasteiger partial charge is 0.376 e. The smallest absolute Gasteiger partial charge is 0.271 e. The number of carbonyl (C=O) groups is 1. The molecule has 11 heteroatoms. The van der Waals surface area contributed by atoms with E-state index in [1.54, 1.807) is 13.0 Å². The summed E-state index contributed by atoms with van der Waals surface area (Å²) < 4.78 is 6.22. The maximum atomic E-state index is 12.3. The Balaban J connectivity index is 1.50. The minimum atomic E-state index is -0.500. The van der Waals surface area contributed by atoms with Gasteiger partial charge < -0.3 is 15.4 Å². The number of hydrogen-bond donors (Lipinski definition) is 2. The molecule has 0 aliphatic carbocycles. The van der Waals surface area contributed by atoms with Crippen molar-refractivity contribution in [3.05, 3.63) is 34.4 Å². The quantitative estimate of drug-likeness (QED) is 0.388. The monoisotopic (exact) mass is 409 g/mol. The van der Waals surface area contributed by atoms with E-state index in [0.717, 1.165) is 19.4 Å². The van der Waals surface area contributed by atoms with Crippen LogP contribution in [-0.4, -0.2) is 45.5 Å². The molecule has 2 aromatic rings. The summed E-state index contributed by atoms with van der Waals surface area (Å²) in [7, 11) is 0. The number of rotatable bonds is 8. The number of thioether (sulfide) groups is 1. The Morgan fingerprint density at radius 3 is 3.11 bits per heavy atom. The van der Waals surface area contributed by atoms with Crippen LogP contribution in [0.4, 0.5) is 16.5 Å². The highest BCUT2D eigenvalue weighted by Crippen LogP contribution is 2.30. The second-order valence-corrected chi connectivity index (χ2v) is 8.51. The number of non-ortho nitro benzene ring substituents is 1. The summed E-state index contributed by atoms with van der Waals surface area (Å²) in [5, 5.41) is 25.1. The zero-order chi connectivity index (χ0) is 19.2. The number of nitro benzene ring substituents is 1. The van der Waals surface area contributed by atoms with E-state index in [1.807, 2.05) is 0 Å². The zero-order valence-corrected chi connectivity index (χ0v) is 16.2. The molecule has 27 heavy (non-hydrogen) atoms. The molecule has 0 unspecified atom stereocenters. The Kier molecular flexibility index (Phi) is 6.58. The summed E-state index contributed by atoms with van der Waals surface area (Å²) in [6.45, 7) is 3.25. The summed E-state index contributed by atoms with van der Waals surface area (Å²) in [5.74, 6) is -0.260. The molecule has 1 saturated heterocycles. The number of nitrogens with zero attached hydrogens (tertiary/aromatic N) is 3. The fraction of sp³-hybridized carbons (Fsp3) is 0.438. The normalized spacial score (nSPS) is 17.4. The van der Waals surface area contributed by atoms with Gasteiger partial charge in [-0.15, -0.1) is 10.2 Å². The van der Waals surface area contributed by atoms with Crippen LogP contribution >= 0.6 is 23.1 Å². The predicted octanol–water partition coefficient (Wildman–Crippen LogP) is 3.16. The predicted molar refractivity (Wildman–Crippen MR) is 104 cm³/mol. The molecule has 2 N–H and O–H groups in total. The molecule has 1 aliphatic heterocycles. The van der Waals surface area contributed by atoms with Gasteiger partial charge in [0.15, 0.2) is 4.34 Å². The van der Waals surface area contributed by atoms with Gasteiger partial charge in [-0.05, 0) is 25.8 Å². The first kappa shape index (κ1) is 19.5. The number of ether oxygens (including phenoxy) is 1. The Morgan fingerprint density at radius 1 is 1.52 bits per heavy atom. The first-order chi connectivity index (χ1) is 13.0. The lowest BCUT2D eigenvalue weighted by molar-refractivity contribution is -0.384. The van der Waals surface area contributed by atoms with Crippen LogP contribution in [0.1, 0.15) is 19.8 Å². The molecule has 0 bridgehead atoms. The summed E-state index contributed by atoms with van der Waals surface area (Å²) in [6, 6.07) is 5.84. The molecule has 0 saturated carbocycles. The van der Waals surface area contributed by atoms with Crippen LogP contribution in [0.2, 0.25) is 0 Å². The minimum absolute atomic E-state index is 0.0702. The molecule has 0 radical (unpaired) electrons. The number of aromatic nitrogens is 2. The van der Waals surface area contributed by atoms with Crippen LogP contribution in [-0.2, 0) is 9.53 Å². The summed E-state index contributed by atoms with van der Waals surface area (Å²) >= 11 is 2.67. The van der Waals surface area contributed by atoms with Gasteiger partial charge in [-0.2, -0.15) is 0 Å². The molecule has 1 amide bonds. The third kappa shape index (κ3) is 5.62. The molecule has 3 rings (SSSR count). The number of anilines is 2. The lowest BCUT2D eigenvalue weighted by Crippen LogP contribution is -2.22. The van der Waals surface area contributed by atoms with E-state index >= 15 is 0 Å². The number of benzene rings is 1. The fourth-order valence-corrected chi connectivity index (χ4v) is 4.38. The number of carbonyl (C=O) groups excluding carboxylic acids is 1. The number of amides is 1. The standard InChI is InChI=1S/C16H19N5O4S2/c1-10(14(22)18-11-4-2-5-12(8-11)21(23)24)26-16-20-19-15(27-16)17-9-13-6-3-7-25-13/h2,4-5,8,10,13H,3,6-7,9H2,1H3,(H,17,19)(H,18,22)/t10-,13-/m1/s1. The zero-order valence-electron chi connectivity index (χ0n) is 14.6. The molecule has 1 aliphatic rings. The van der Waals surface area contributed by atoms with E-state index in [2.05, 4.69) is 20.8 Å². The SMILES string of the molecule is C[C@@H](Sc1nnc(NC[C@H]2CCCO2)s1)C(=O)Nc1cccc([N+](=O)[O-])c1. The average molecular weight is 409 g/mol. The summed E-state index contributed by atoms with van der Waals surface area (Å²) in [6.07, 6.45) is 2.34. The number of hydrogen-bond acceptors (Lipinski definition) is 9. The number of nitro groups is 1. The highest BCUT2D eigenvalue weighted by Gasteiger charge is 2.19. The van der Waals surface area contributed by atoms with Gasteiger partial charge in [0.2, 0.25) is 11.0 Å². The maximum Gasteiger partial charge on any atom is 0.271 e. The molecule has 2 heterocycles. The van der Waals surface area contributed by atoms with E-state index in [9.17, 15) is 14.9 Å². The van der Waals surface area contributed by atoms with Crippen LogP contribution in [0.5, 0.6) is 0 Å². The molecule has 0 spiro atoms. The van der Waals surface area contributed by atoms with Gasteiger partial charge in [0.25, 0.3) is 5.69 Å². The first-order valence-electron chi connectivity index (χ1n) is 8.42. The van der Waals surface area contributed by atoms with Crippen molar-refractivity contribution in [1.82, 2.24) is 10.2 Å². The molecular weight excluding hydrogens is 390 g/mol. The van der Waals surface area contributed by atoms with E-state index in [1.165, 1.54) is 41.3 Å². The molecule has 1 fully saturated rings. The average Bonchev–Trinajstić information content (AvgIpc) is 3.31. The van der Waals surface area contributed by atoms with Crippen LogP contribution in [0.15, 0.2) is 28.6 Å². The van der Waals surface area contributed by atoms with Crippen molar-refractivity contribution in [3.8, 4) is 0 Å². The van der Waals surface area contributed by atoms with E-state index < -0.39 is 10.2 Å². The van der Waals surface area contributed by atoms with E-state index in [4.69, 9.17) is 4.74 Å².